The number of hydrogen-bond donors (Lipinski definition) is 0. The molecule has 32 heavy (non-hydrogen) atoms. The molecule has 172 valence electrons. The Morgan fingerprint density at radius 3 is 2.47 bits per heavy atom. The Kier molecular flexibility index (Phi) is 6.74. The zero-order chi connectivity index (χ0) is 22.9. The number of carbonyl (C=O) groups excluding carboxylic acids is 1. The molecule has 0 bridgehead atoms. The van der Waals surface area contributed by atoms with Crippen molar-refractivity contribution < 1.29 is 13.2 Å². The molecular weight excluding hydrogens is 448 g/mol. The summed E-state index contributed by atoms with van der Waals surface area (Å²) in [5.41, 5.74) is 3.84. The molecule has 1 unspecified atom stereocenters. The Hall–Kier alpha value is -2.16. The second kappa shape index (κ2) is 9.37. The summed E-state index contributed by atoms with van der Waals surface area (Å²) in [4.78, 5) is 16.7. The summed E-state index contributed by atoms with van der Waals surface area (Å²) in [6.45, 7) is 7.10. The van der Waals surface area contributed by atoms with Crippen LogP contribution >= 0.6 is 11.6 Å². The summed E-state index contributed by atoms with van der Waals surface area (Å²) in [7, 11) is -2.90. The summed E-state index contributed by atoms with van der Waals surface area (Å²) in [5, 5.41) is 5.05. The molecule has 2 aliphatic rings. The molecule has 9 heteroatoms. The second-order valence-corrected chi connectivity index (χ2v) is 11.3. The number of halogens is 1. The molecule has 1 aromatic carbocycles. The number of hydrogen-bond acceptors (Lipinski definition) is 5. The average Bonchev–Trinajstić information content (AvgIpc) is 3.26. The molecule has 1 atom stereocenters. The summed E-state index contributed by atoms with van der Waals surface area (Å²) in [6, 6.07) is 8.33. The number of piperazine rings is 1. The zero-order valence-corrected chi connectivity index (χ0v) is 20.1. The highest BCUT2D eigenvalue weighted by molar-refractivity contribution is 7.91. The Bertz CT molecular complexity index is 1120. The zero-order valence-electron chi connectivity index (χ0n) is 18.5. The van der Waals surface area contributed by atoms with Crippen molar-refractivity contribution in [3.63, 3.8) is 0 Å². The maximum absolute atomic E-state index is 12.7. The van der Waals surface area contributed by atoms with E-state index in [9.17, 15) is 13.2 Å². The Morgan fingerprint density at radius 2 is 1.84 bits per heavy atom. The first-order valence-corrected chi connectivity index (χ1v) is 13.1. The molecule has 0 N–H and O–H groups in total. The van der Waals surface area contributed by atoms with Gasteiger partial charge in [0.1, 0.15) is 5.15 Å². The van der Waals surface area contributed by atoms with Gasteiger partial charge in [0.05, 0.1) is 23.7 Å². The van der Waals surface area contributed by atoms with Gasteiger partial charge in [0.25, 0.3) is 0 Å². The van der Waals surface area contributed by atoms with Crippen molar-refractivity contribution in [1.29, 1.82) is 0 Å². The predicted octanol–water partition coefficient (Wildman–Crippen LogP) is 2.55. The van der Waals surface area contributed by atoms with Crippen LogP contribution in [0, 0.1) is 13.8 Å². The first kappa shape index (κ1) is 23.0. The molecule has 2 aliphatic heterocycles. The fourth-order valence-electron chi connectivity index (χ4n) is 4.36. The largest absolute Gasteiger partial charge is 0.337 e. The lowest BCUT2D eigenvalue weighted by Gasteiger charge is -2.37. The number of amides is 1. The third-order valence-electron chi connectivity index (χ3n) is 6.31. The van der Waals surface area contributed by atoms with Gasteiger partial charge in [-0.1, -0.05) is 41.4 Å². The van der Waals surface area contributed by atoms with Gasteiger partial charge in [0.2, 0.25) is 5.91 Å². The molecule has 3 heterocycles. The molecule has 7 nitrogen and oxygen atoms in total. The van der Waals surface area contributed by atoms with Crippen LogP contribution in [0.4, 0.5) is 0 Å². The van der Waals surface area contributed by atoms with Gasteiger partial charge >= 0.3 is 0 Å². The van der Waals surface area contributed by atoms with Crippen molar-refractivity contribution in [2.24, 2.45) is 0 Å². The van der Waals surface area contributed by atoms with Crippen LogP contribution in [-0.4, -0.2) is 77.6 Å². The first-order valence-electron chi connectivity index (χ1n) is 10.9. The maximum Gasteiger partial charge on any atom is 0.246 e. The predicted molar refractivity (Wildman–Crippen MR) is 127 cm³/mol. The van der Waals surface area contributed by atoms with Crippen LogP contribution in [0.5, 0.6) is 0 Å². The Balaban J connectivity index is 1.35. The molecule has 0 saturated carbocycles. The third kappa shape index (κ3) is 5.24. The summed E-state index contributed by atoms with van der Waals surface area (Å²) in [6.07, 6.45) is 4.00. The molecule has 0 aliphatic carbocycles. The second-order valence-electron chi connectivity index (χ2n) is 8.68. The monoisotopic (exact) mass is 476 g/mol. The number of rotatable bonds is 5. The summed E-state index contributed by atoms with van der Waals surface area (Å²) >= 11 is 6.56. The maximum atomic E-state index is 12.7. The van der Waals surface area contributed by atoms with Crippen molar-refractivity contribution in [2.75, 3.05) is 37.7 Å². The van der Waals surface area contributed by atoms with E-state index in [2.05, 4.69) is 34.3 Å². The lowest BCUT2D eigenvalue weighted by Crippen LogP contribution is -2.52. The van der Waals surface area contributed by atoms with E-state index in [-0.39, 0.29) is 23.5 Å². The Morgan fingerprint density at radius 1 is 1.16 bits per heavy atom. The van der Waals surface area contributed by atoms with Crippen molar-refractivity contribution in [3.05, 3.63) is 57.9 Å². The van der Waals surface area contributed by atoms with Gasteiger partial charge < -0.3 is 4.90 Å². The molecule has 0 spiro atoms. The van der Waals surface area contributed by atoms with E-state index in [1.54, 1.807) is 21.7 Å². The fourth-order valence-corrected chi connectivity index (χ4v) is 6.42. The topological polar surface area (TPSA) is 75.5 Å². The van der Waals surface area contributed by atoms with Crippen molar-refractivity contribution >= 4 is 33.4 Å². The third-order valence-corrected chi connectivity index (χ3v) is 8.45. The minimum absolute atomic E-state index is 0.0644. The standard InChI is InChI=1S/C23H29ClN4O3S/c1-17-3-5-19(6-4-17)15-28-23(24)21(18(2)25-28)7-8-22(29)27-12-10-26(11-13-27)20-9-14-32(30,31)16-20/h3-8,20H,9-16H2,1-2H3. The van der Waals surface area contributed by atoms with Crippen LogP contribution in [0.3, 0.4) is 0 Å². The normalized spacial score (nSPS) is 21.5. The lowest BCUT2D eigenvalue weighted by atomic mass is 10.1. The van der Waals surface area contributed by atoms with Crippen LogP contribution < -0.4 is 0 Å². The van der Waals surface area contributed by atoms with Crippen molar-refractivity contribution in [3.8, 4) is 0 Å². The minimum atomic E-state index is -2.90. The van der Waals surface area contributed by atoms with E-state index >= 15 is 0 Å². The van der Waals surface area contributed by atoms with Crippen molar-refractivity contribution in [2.45, 2.75) is 32.9 Å². The molecule has 2 aromatic rings. The molecule has 1 aromatic heterocycles. The van der Waals surface area contributed by atoms with E-state index in [0.717, 1.165) is 16.8 Å². The quantitative estimate of drug-likeness (QED) is 0.620. The molecule has 2 saturated heterocycles. The van der Waals surface area contributed by atoms with Crippen LogP contribution in [0.15, 0.2) is 30.3 Å². The number of carbonyl (C=O) groups is 1. The van der Waals surface area contributed by atoms with Crippen LogP contribution in [0.1, 0.15) is 28.8 Å². The molecule has 4 rings (SSSR count). The lowest BCUT2D eigenvalue weighted by molar-refractivity contribution is -0.127. The highest BCUT2D eigenvalue weighted by Crippen LogP contribution is 2.23. The molecule has 0 radical (unpaired) electrons. The number of nitrogens with zero attached hydrogens (tertiary/aromatic N) is 4. The summed E-state index contributed by atoms with van der Waals surface area (Å²) in [5.74, 6) is 0.452. The fraction of sp³-hybridized carbons (Fsp3) is 0.478. The van der Waals surface area contributed by atoms with Crippen LogP contribution in [0.2, 0.25) is 5.15 Å². The molecule has 2 fully saturated rings. The number of aromatic nitrogens is 2. The minimum Gasteiger partial charge on any atom is -0.337 e. The van der Waals surface area contributed by atoms with Gasteiger partial charge in [-0.15, -0.1) is 0 Å². The van der Waals surface area contributed by atoms with Gasteiger partial charge in [0.15, 0.2) is 9.84 Å². The van der Waals surface area contributed by atoms with Crippen molar-refractivity contribution in [1.82, 2.24) is 19.6 Å². The van der Waals surface area contributed by atoms with E-state index < -0.39 is 9.84 Å². The Labute approximate surface area is 194 Å². The summed E-state index contributed by atoms with van der Waals surface area (Å²) < 4.78 is 25.2. The van der Waals surface area contributed by atoms with Crippen LogP contribution in [-0.2, 0) is 21.2 Å². The highest BCUT2D eigenvalue weighted by atomic mass is 35.5. The van der Waals surface area contributed by atoms with E-state index in [4.69, 9.17) is 11.6 Å². The number of sulfone groups is 1. The SMILES string of the molecule is Cc1ccc(Cn2nc(C)c(C=CC(=O)N3CCN(C4CCS(=O)(=O)C4)CC3)c2Cl)cc1. The van der Waals surface area contributed by atoms with E-state index in [0.29, 0.717) is 44.3 Å². The number of aryl methyl sites for hydroxylation is 2. The molecular formula is C23H29ClN4O3S. The highest BCUT2D eigenvalue weighted by Gasteiger charge is 2.34. The van der Waals surface area contributed by atoms with E-state index in [1.807, 2.05) is 13.8 Å². The molecule has 1 amide bonds. The number of benzene rings is 1. The van der Waals surface area contributed by atoms with Crippen LogP contribution in [0.25, 0.3) is 6.08 Å². The van der Waals surface area contributed by atoms with E-state index in [1.165, 1.54) is 5.56 Å². The van der Waals surface area contributed by atoms with Gasteiger partial charge in [0, 0.05) is 43.9 Å². The van der Waals surface area contributed by atoms with Gasteiger partial charge in [-0.3, -0.25) is 9.69 Å². The van der Waals surface area contributed by atoms with Gasteiger partial charge in [-0.2, -0.15) is 5.10 Å². The smallest absolute Gasteiger partial charge is 0.246 e. The van der Waals surface area contributed by atoms with Gasteiger partial charge in [-0.25, -0.2) is 13.1 Å². The van der Waals surface area contributed by atoms with Gasteiger partial charge in [-0.05, 0) is 31.9 Å². The average molecular weight is 477 g/mol. The first-order chi connectivity index (χ1) is 15.2.